The van der Waals surface area contributed by atoms with E-state index in [2.05, 4.69) is 36.4 Å². The summed E-state index contributed by atoms with van der Waals surface area (Å²) in [6.07, 6.45) is 2.27. The van der Waals surface area contributed by atoms with Gasteiger partial charge in [0.25, 0.3) is 0 Å². The van der Waals surface area contributed by atoms with Gasteiger partial charge >= 0.3 is 0 Å². The van der Waals surface area contributed by atoms with Gasteiger partial charge in [-0.2, -0.15) is 0 Å². The van der Waals surface area contributed by atoms with Gasteiger partial charge < -0.3 is 15.4 Å². The minimum atomic E-state index is 0.0389. The molecule has 2 heterocycles. The van der Waals surface area contributed by atoms with Gasteiger partial charge in [0.15, 0.2) is 0 Å². The Bertz CT molecular complexity index is 778. The van der Waals surface area contributed by atoms with Gasteiger partial charge in [-0.15, -0.1) is 0 Å². The second kappa shape index (κ2) is 9.82. The number of ether oxygens (including phenoxy) is 1. The number of hydrogen-bond donors (Lipinski definition) is 2. The summed E-state index contributed by atoms with van der Waals surface area (Å²) >= 11 is 3.42. The molecule has 2 aromatic rings. The number of nitrogens with zero attached hydrogens (tertiary/aromatic N) is 2. The number of morpholine rings is 1. The number of aromatic nitrogens is 1. The summed E-state index contributed by atoms with van der Waals surface area (Å²) in [4.78, 5) is 18.9. The van der Waals surface area contributed by atoms with Crippen LogP contribution in [0.15, 0.2) is 41.0 Å². The molecular weight excluding hydrogens is 408 g/mol. The van der Waals surface area contributed by atoms with Crippen LogP contribution in [0.4, 0.5) is 11.5 Å². The van der Waals surface area contributed by atoms with Crippen molar-refractivity contribution in [3.63, 3.8) is 0 Å². The number of aryl methyl sites for hydroxylation is 1. The number of carbonyl (C=O) groups excluding carboxylic acids is 1. The number of rotatable bonds is 7. The molecule has 0 spiro atoms. The second-order valence-electron chi connectivity index (χ2n) is 6.63. The van der Waals surface area contributed by atoms with E-state index in [1.54, 1.807) is 6.20 Å². The number of pyridine rings is 1. The topological polar surface area (TPSA) is 66.5 Å². The molecule has 3 rings (SSSR count). The Labute approximate surface area is 168 Å². The van der Waals surface area contributed by atoms with Crippen LogP contribution in [0.3, 0.4) is 0 Å². The lowest BCUT2D eigenvalue weighted by molar-refractivity contribution is -0.116. The minimum absolute atomic E-state index is 0.0389. The SMILES string of the molecule is Cc1cc(Br)cnc1NCc1cccc(NC(=O)CCN2CCOCC2)c1. The molecule has 0 atom stereocenters. The largest absolute Gasteiger partial charge is 0.379 e. The van der Waals surface area contributed by atoms with Crippen LogP contribution < -0.4 is 10.6 Å². The Hall–Kier alpha value is -1.96. The molecule has 1 amide bonds. The molecule has 144 valence electrons. The Kier molecular flexibility index (Phi) is 7.20. The van der Waals surface area contributed by atoms with E-state index in [0.717, 1.165) is 60.0 Å². The molecule has 2 N–H and O–H groups in total. The molecule has 1 fully saturated rings. The van der Waals surface area contributed by atoms with E-state index in [1.165, 1.54) is 0 Å². The second-order valence-corrected chi connectivity index (χ2v) is 7.54. The van der Waals surface area contributed by atoms with Crippen molar-refractivity contribution >= 4 is 33.3 Å². The Morgan fingerprint density at radius 2 is 2.11 bits per heavy atom. The fourth-order valence-corrected chi connectivity index (χ4v) is 3.42. The van der Waals surface area contributed by atoms with Gasteiger partial charge in [-0.1, -0.05) is 12.1 Å². The molecule has 7 heteroatoms. The Morgan fingerprint density at radius 1 is 1.30 bits per heavy atom. The first kappa shape index (κ1) is 19.8. The molecule has 0 bridgehead atoms. The molecule has 6 nitrogen and oxygen atoms in total. The van der Waals surface area contributed by atoms with E-state index in [1.807, 2.05) is 37.3 Å². The number of halogens is 1. The van der Waals surface area contributed by atoms with Crippen LogP contribution in [-0.2, 0) is 16.1 Å². The van der Waals surface area contributed by atoms with Gasteiger partial charge in [0, 0.05) is 49.0 Å². The zero-order valence-electron chi connectivity index (χ0n) is 15.5. The molecule has 1 aliphatic heterocycles. The number of carbonyl (C=O) groups is 1. The third kappa shape index (κ3) is 6.30. The highest BCUT2D eigenvalue weighted by molar-refractivity contribution is 9.10. The predicted molar refractivity (Wildman–Crippen MR) is 111 cm³/mol. The first-order chi connectivity index (χ1) is 13.1. The van der Waals surface area contributed by atoms with Crippen molar-refractivity contribution in [2.24, 2.45) is 0 Å². The zero-order chi connectivity index (χ0) is 19.1. The summed E-state index contributed by atoms with van der Waals surface area (Å²) in [7, 11) is 0. The third-order valence-electron chi connectivity index (χ3n) is 4.47. The molecule has 0 unspecified atom stereocenters. The highest BCUT2D eigenvalue weighted by Gasteiger charge is 2.12. The Balaban J connectivity index is 1.49. The molecule has 27 heavy (non-hydrogen) atoms. The summed E-state index contributed by atoms with van der Waals surface area (Å²) in [5, 5.41) is 6.33. The van der Waals surface area contributed by atoms with E-state index in [0.29, 0.717) is 13.0 Å². The van der Waals surface area contributed by atoms with E-state index in [9.17, 15) is 4.79 Å². The van der Waals surface area contributed by atoms with Gasteiger partial charge in [0.05, 0.1) is 13.2 Å². The fraction of sp³-hybridized carbons (Fsp3) is 0.400. The van der Waals surface area contributed by atoms with Gasteiger partial charge in [0.1, 0.15) is 5.82 Å². The third-order valence-corrected chi connectivity index (χ3v) is 4.91. The first-order valence-electron chi connectivity index (χ1n) is 9.15. The van der Waals surface area contributed by atoms with E-state index in [4.69, 9.17) is 4.74 Å². The summed E-state index contributed by atoms with van der Waals surface area (Å²) in [5.41, 5.74) is 2.99. The molecule has 1 aliphatic rings. The average molecular weight is 433 g/mol. The molecule has 0 radical (unpaired) electrons. The number of amides is 1. The lowest BCUT2D eigenvalue weighted by Gasteiger charge is -2.26. The van der Waals surface area contributed by atoms with Crippen LogP contribution in [0.25, 0.3) is 0 Å². The first-order valence-corrected chi connectivity index (χ1v) is 9.94. The molecule has 0 saturated carbocycles. The molecule has 1 aromatic carbocycles. The minimum Gasteiger partial charge on any atom is -0.379 e. The van der Waals surface area contributed by atoms with Gasteiger partial charge in [-0.05, 0) is 52.2 Å². The molecule has 0 aliphatic carbocycles. The standard InChI is InChI=1S/C20H25BrN4O2/c1-15-11-17(21)14-23-20(15)22-13-16-3-2-4-18(12-16)24-19(26)5-6-25-7-9-27-10-8-25/h2-4,11-12,14H,5-10,13H2,1H3,(H,22,23)(H,24,26). The summed E-state index contributed by atoms with van der Waals surface area (Å²) in [6, 6.07) is 9.93. The van der Waals surface area contributed by atoms with Gasteiger partial charge in [-0.25, -0.2) is 4.98 Å². The van der Waals surface area contributed by atoms with Crippen LogP contribution in [0.1, 0.15) is 17.5 Å². The maximum absolute atomic E-state index is 12.2. The van der Waals surface area contributed by atoms with E-state index in [-0.39, 0.29) is 5.91 Å². The van der Waals surface area contributed by atoms with Crippen LogP contribution in [0.2, 0.25) is 0 Å². The number of hydrogen-bond acceptors (Lipinski definition) is 5. The lowest BCUT2D eigenvalue weighted by atomic mass is 10.2. The molecule has 1 saturated heterocycles. The van der Waals surface area contributed by atoms with Crippen molar-refractivity contribution in [2.45, 2.75) is 19.9 Å². The normalized spacial score (nSPS) is 14.7. The number of anilines is 2. The lowest BCUT2D eigenvalue weighted by Crippen LogP contribution is -2.38. The Morgan fingerprint density at radius 3 is 2.89 bits per heavy atom. The van der Waals surface area contributed by atoms with Crippen LogP contribution in [-0.4, -0.2) is 48.6 Å². The smallest absolute Gasteiger partial charge is 0.225 e. The number of nitrogens with one attached hydrogen (secondary N) is 2. The number of benzene rings is 1. The molecular formula is C20H25BrN4O2. The highest BCUT2D eigenvalue weighted by Crippen LogP contribution is 2.18. The quantitative estimate of drug-likeness (QED) is 0.701. The zero-order valence-corrected chi connectivity index (χ0v) is 17.1. The summed E-state index contributed by atoms with van der Waals surface area (Å²) < 4.78 is 6.29. The fourth-order valence-electron chi connectivity index (χ4n) is 2.98. The van der Waals surface area contributed by atoms with Crippen molar-refractivity contribution in [3.05, 3.63) is 52.1 Å². The summed E-state index contributed by atoms with van der Waals surface area (Å²) in [6.45, 7) is 6.74. The van der Waals surface area contributed by atoms with E-state index < -0.39 is 0 Å². The maximum atomic E-state index is 12.2. The van der Waals surface area contributed by atoms with Crippen LogP contribution in [0, 0.1) is 6.92 Å². The van der Waals surface area contributed by atoms with Crippen molar-refractivity contribution in [3.8, 4) is 0 Å². The monoisotopic (exact) mass is 432 g/mol. The van der Waals surface area contributed by atoms with Crippen LogP contribution in [0.5, 0.6) is 0 Å². The van der Waals surface area contributed by atoms with Crippen molar-refractivity contribution in [2.75, 3.05) is 43.5 Å². The maximum Gasteiger partial charge on any atom is 0.225 e. The van der Waals surface area contributed by atoms with Gasteiger partial charge in [0.2, 0.25) is 5.91 Å². The summed E-state index contributed by atoms with van der Waals surface area (Å²) in [5.74, 6) is 0.898. The van der Waals surface area contributed by atoms with Crippen molar-refractivity contribution in [1.82, 2.24) is 9.88 Å². The van der Waals surface area contributed by atoms with Crippen molar-refractivity contribution < 1.29 is 9.53 Å². The van der Waals surface area contributed by atoms with Crippen molar-refractivity contribution in [1.29, 1.82) is 0 Å². The van der Waals surface area contributed by atoms with Gasteiger partial charge in [-0.3, -0.25) is 9.69 Å². The highest BCUT2D eigenvalue weighted by atomic mass is 79.9. The molecule has 1 aromatic heterocycles. The average Bonchev–Trinajstić information content (AvgIpc) is 2.67. The van der Waals surface area contributed by atoms with E-state index >= 15 is 0 Å². The van der Waals surface area contributed by atoms with Crippen LogP contribution >= 0.6 is 15.9 Å². The predicted octanol–water partition coefficient (Wildman–Crippen LogP) is 3.43.